The maximum atomic E-state index is 3.78. The summed E-state index contributed by atoms with van der Waals surface area (Å²) in [5.41, 5.74) is 8.99. The smallest absolute Gasteiger partial charge is 0.0249 e. The predicted octanol–water partition coefficient (Wildman–Crippen LogP) is 7.58. The van der Waals surface area contributed by atoms with Crippen LogP contribution in [-0.2, 0) is 6.42 Å². The van der Waals surface area contributed by atoms with Crippen molar-refractivity contribution in [2.24, 2.45) is 0 Å². The lowest BCUT2D eigenvalue weighted by Crippen LogP contribution is -1.84. The molecule has 0 unspecified atom stereocenters. The monoisotopic (exact) mass is 422 g/mol. The third kappa shape index (κ3) is 6.36. The van der Waals surface area contributed by atoms with Crippen LogP contribution in [0.25, 0.3) is 11.1 Å². The summed E-state index contributed by atoms with van der Waals surface area (Å²) < 4.78 is 0. The minimum Gasteiger partial charge on any atom is -0.103 e. The molecule has 0 aliphatic rings. The predicted molar refractivity (Wildman–Crippen MR) is 140 cm³/mol. The Morgan fingerprint density at radius 1 is 0.545 bits per heavy atom. The summed E-state index contributed by atoms with van der Waals surface area (Å²) in [5.74, 6) is 13.0. The zero-order valence-electron chi connectivity index (χ0n) is 18.9. The molecular formula is C33H26. The highest BCUT2D eigenvalue weighted by atomic mass is 14.0. The molecule has 0 saturated carbocycles. The summed E-state index contributed by atoms with van der Waals surface area (Å²) >= 11 is 0. The Morgan fingerprint density at radius 3 is 1.30 bits per heavy atom. The van der Waals surface area contributed by atoms with Gasteiger partial charge in [0.05, 0.1) is 0 Å². The molecule has 0 radical (unpaired) electrons. The van der Waals surface area contributed by atoms with E-state index in [0.717, 1.165) is 35.1 Å². The zero-order valence-corrected chi connectivity index (χ0v) is 18.9. The molecule has 0 aliphatic carbocycles. The van der Waals surface area contributed by atoms with Crippen molar-refractivity contribution in [3.05, 3.63) is 143 Å². The van der Waals surface area contributed by atoms with Crippen molar-refractivity contribution in [1.82, 2.24) is 0 Å². The molecule has 4 aromatic carbocycles. The van der Waals surface area contributed by atoms with Gasteiger partial charge in [-0.05, 0) is 85.0 Å². The van der Waals surface area contributed by atoms with E-state index in [2.05, 4.69) is 134 Å². The largest absolute Gasteiger partial charge is 0.103 e. The van der Waals surface area contributed by atoms with Crippen LogP contribution in [0.15, 0.2) is 110 Å². The van der Waals surface area contributed by atoms with Crippen LogP contribution in [0.1, 0.15) is 39.8 Å². The number of allylic oxidation sites excluding steroid dienone is 1. The lowest BCUT2D eigenvalue weighted by Gasteiger charge is -2.02. The van der Waals surface area contributed by atoms with Gasteiger partial charge in [0.25, 0.3) is 0 Å². The van der Waals surface area contributed by atoms with Gasteiger partial charge >= 0.3 is 0 Å². The zero-order chi connectivity index (χ0) is 22.9. The normalized spacial score (nSPS) is 9.85. The second-order valence-corrected chi connectivity index (χ2v) is 8.04. The molecule has 0 aliphatic heterocycles. The highest BCUT2D eigenvalue weighted by Crippen LogP contribution is 2.20. The number of aryl methyl sites for hydroxylation is 2. The van der Waals surface area contributed by atoms with Gasteiger partial charge in [0.15, 0.2) is 0 Å². The molecule has 0 amide bonds. The molecule has 0 aromatic heterocycles. The van der Waals surface area contributed by atoms with Gasteiger partial charge in [-0.15, -0.1) is 6.58 Å². The summed E-state index contributed by atoms with van der Waals surface area (Å²) in [6.07, 6.45) is 3.98. The fourth-order valence-corrected chi connectivity index (χ4v) is 3.44. The first-order valence-corrected chi connectivity index (χ1v) is 11.2. The van der Waals surface area contributed by atoms with Gasteiger partial charge in [0, 0.05) is 22.3 Å². The molecule has 0 spiro atoms. The Labute approximate surface area is 197 Å². The number of benzene rings is 4. The summed E-state index contributed by atoms with van der Waals surface area (Å²) in [5, 5.41) is 0. The number of hydrogen-bond donors (Lipinski definition) is 0. The van der Waals surface area contributed by atoms with Gasteiger partial charge < -0.3 is 0 Å². The second kappa shape index (κ2) is 10.9. The van der Waals surface area contributed by atoms with Gasteiger partial charge in [-0.25, -0.2) is 0 Å². The van der Waals surface area contributed by atoms with E-state index in [4.69, 9.17) is 0 Å². The lowest BCUT2D eigenvalue weighted by molar-refractivity contribution is 1.00. The first-order valence-electron chi connectivity index (χ1n) is 11.2. The van der Waals surface area contributed by atoms with Crippen LogP contribution in [0.2, 0.25) is 0 Å². The Morgan fingerprint density at radius 2 is 0.909 bits per heavy atom. The molecule has 0 heteroatoms. The molecule has 0 nitrogen and oxygen atoms in total. The maximum Gasteiger partial charge on any atom is 0.0249 e. The molecule has 0 saturated heterocycles. The number of rotatable bonds is 4. The quantitative estimate of drug-likeness (QED) is 0.235. The standard InChI is InChI=1S/C33H26/c1-3-4-5-27-10-12-29(13-11-27)15-17-31-20-24-33(25-21-31)32-22-18-30(19-23-32)16-14-28-8-6-26(2)7-9-28/h3,6-13,18-25H,1,4-5H2,2H3. The van der Waals surface area contributed by atoms with Crippen LogP contribution in [0.3, 0.4) is 0 Å². The average Bonchev–Trinajstić information content (AvgIpc) is 2.87. The van der Waals surface area contributed by atoms with E-state index in [1.807, 2.05) is 6.08 Å². The van der Waals surface area contributed by atoms with E-state index < -0.39 is 0 Å². The van der Waals surface area contributed by atoms with Crippen molar-refractivity contribution in [3.63, 3.8) is 0 Å². The van der Waals surface area contributed by atoms with E-state index in [1.54, 1.807) is 0 Å². The number of hydrogen-bond acceptors (Lipinski definition) is 0. The molecule has 0 N–H and O–H groups in total. The maximum absolute atomic E-state index is 3.78. The minimum absolute atomic E-state index is 1.00. The molecule has 0 heterocycles. The Bertz CT molecular complexity index is 1330. The van der Waals surface area contributed by atoms with Crippen LogP contribution >= 0.6 is 0 Å². The fraction of sp³-hybridized carbons (Fsp3) is 0.0909. The third-order valence-corrected chi connectivity index (χ3v) is 5.45. The SMILES string of the molecule is C=CCCc1ccc(C#Cc2ccc(-c3ccc(C#Cc4ccc(C)cc4)cc3)cc2)cc1. The molecule has 0 fully saturated rings. The van der Waals surface area contributed by atoms with E-state index in [0.29, 0.717) is 0 Å². The van der Waals surface area contributed by atoms with E-state index in [1.165, 1.54) is 22.3 Å². The molecule has 4 aromatic rings. The molecule has 0 bridgehead atoms. The fourth-order valence-electron chi connectivity index (χ4n) is 3.44. The summed E-state index contributed by atoms with van der Waals surface area (Å²) in [6.45, 7) is 5.86. The van der Waals surface area contributed by atoms with Crippen molar-refractivity contribution in [1.29, 1.82) is 0 Å². The molecule has 4 rings (SSSR count). The van der Waals surface area contributed by atoms with Gasteiger partial charge in [-0.3, -0.25) is 0 Å². The van der Waals surface area contributed by atoms with Crippen molar-refractivity contribution >= 4 is 0 Å². The van der Waals surface area contributed by atoms with Crippen molar-refractivity contribution in [2.45, 2.75) is 19.8 Å². The van der Waals surface area contributed by atoms with Crippen LogP contribution in [0.5, 0.6) is 0 Å². The lowest BCUT2D eigenvalue weighted by atomic mass is 10.0. The van der Waals surface area contributed by atoms with E-state index in [-0.39, 0.29) is 0 Å². The van der Waals surface area contributed by atoms with Crippen LogP contribution < -0.4 is 0 Å². The highest BCUT2D eigenvalue weighted by molar-refractivity contribution is 5.65. The Kier molecular flexibility index (Phi) is 7.22. The Hall–Kier alpha value is -4.26. The molecule has 33 heavy (non-hydrogen) atoms. The van der Waals surface area contributed by atoms with E-state index >= 15 is 0 Å². The molecule has 0 atom stereocenters. The second-order valence-electron chi connectivity index (χ2n) is 8.04. The van der Waals surface area contributed by atoms with Gasteiger partial charge in [-0.2, -0.15) is 0 Å². The van der Waals surface area contributed by atoms with Crippen LogP contribution in [0.4, 0.5) is 0 Å². The topological polar surface area (TPSA) is 0 Å². The Balaban J connectivity index is 1.41. The van der Waals surface area contributed by atoms with Gasteiger partial charge in [0.2, 0.25) is 0 Å². The van der Waals surface area contributed by atoms with Gasteiger partial charge in [-0.1, -0.05) is 83.9 Å². The van der Waals surface area contributed by atoms with Crippen LogP contribution in [-0.4, -0.2) is 0 Å². The van der Waals surface area contributed by atoms with Crippen molar-refractivity contribution < 1.29 is 0 Å². The molecular weight excluding hydrogens is 396 g/mol. The van der Waals surface area contributed by atoms with Crippen LogP contribution in [0, 0.1) is 30.6 Å². The summed E-state index contributed by atoms with van der Waals surface area (Å²) in [6, 6.07) is 33.5. The summed E-state index contributed by atoms with van der Waals surface area (Å²) in [4.78, 5) is 0. The minimum atomic E-state index is 1.00. The molecule has 158 valence electrons. The first-order chi connectivity index (χ1) is 16.2. The third-order valence-electron chi connectivity index (χ3n) is 5.45. The first kappa shape index (κ1) is 22.0. The van der Waals surface area contributed by atoms with Crippen molar-refractivity contribution in [2.75, 3.05) is 0 Å². The highest BCUT2D eigenvalue weighted by Gasteiger charge is 1.98. The van der Waals surface area contributed by atoms with E-state index in [9.17, 15) is 0 Å². The average molecular weight is 423 g/mol. The van der Waals surface area contributed by atoms with Crippen molar-refractivity contribution in [3.8, 4) is 34.8 Å². The summed E-state index contributed by atoms with van der Waals surface area (Å²) in [7, 11) is 0. The van der Waals surface area contributed by atoms with Gasteiger partial charge in [0.1, 0.15) is 0 Å².